The quantitative estimate of drug-likeness (QED) is 0.601. The maximum atomic E-state index is 12.7. The Morgan fingerprint density at radius 2 is 1.90 bits per heavy atom. The van der Waals surface area contributed by atoms with E-state index in [-0.39, 0.29) is 16.9 Å². The van der Waals surface area contributed by atoms with E-state index in [1.807, 2.05) is 13.2 Å². The van der Waals surface area contributed by atoms with Crippen molar-refractivity contribution >= 4 is 12.0 Å². The summed E-state index contributed by atoms with van der Waals surface area (Å²) in [5, 5.41) is 20.0. The Bertz CT molecular complexity index is 750. The van der Waals surface area contributed by atoms with Gasteiger partial charge in [0.15, 0.2) is 0 Å². The summed E-state index contributed by atoms with van der Waals surface area (Å²) in [6, 6.07) is 0. The van der Waals surface area contributed by atoms with E-state index >= 15 is 0 Å². The minimum atomic E-state index is -0.905. The van der Waals surface area contributed by atoms with Gasteiger partial charge in [-0.2, -0.15) is 5.10 Å². The molecule has 2 amide bonds. The smallest absolute Gasteiger partial charge is 0.407 e. The van der Waals surface area contributed by atoms with Crippen LogP contribution < -0.4 is 5.32 Å². The zero-order valence-electron chi connectivity index (χ0n) is 18.8. The predicted molar refractivity (Wildman–Crippen MR) is 115 cm³/mol. The van der Waals surface area contributed by atoms with Gasteiger partial charge in [0.1, 0.15) is 0 Å². The van der Waals surface area contributed by atoms with Gasteiger partial charge in [-0.3, -0.25) is 9.89 Å². The molecule has 30 heavy (non-hydrogen) atoms. The van der Waals surface area contributed by atoms with Gasteiger partial charge in [-0.15, -0.1) is 0 Å². The SMILES string of the molecule is CCC1(CC)C[C@]2(CC[C@@H](c3n[nH]cc3CN(C)CCN(C)C(=O)O)CC2)NC1=O. The van der Waals surface area contributed by atoms with Crippen LogP contribution in [0.25, 0.3) is 0 Å². The lowest BCUT2D eigenvalue weighted by Gasteiger charge is -2.38. The van der Waals surface area contributed by atoms with Crippen molar-refractivity contribution in [3.05, 3.63) is 17.5 Å². The number of nitrogens with one attached hydrogen (secondary N) is 2. The second-order valence-corrected chi connectivity index (χ2v) is 9.41. The van der Waals surface area contributed by atoms with Gasteiger partial charge < -0.3 is 20.2 Å². The molecule has 2 heterocycles. The molecule has 3 rings (SSSR count). The average molecular weight is 420 g/mol. The third kappa shape index (κ3) is 4.48. The maximum absolute atomic E-state index is 12.7. The number of hydrogen-bond donors (Lipinski definition) is 3. The van der Waals surface area contributed by atoms with Gasteiger partial charge in [0.25, 0.3) is 0 Å². The Morgan fingerprint density at radius 3 is 2.47 bits per heavy atom. The van der Waals surface area contributed by atoms with Crippen molar-refractivity contribution in [1.29, 1.82) is 0 Å². The van der Waals surface area contributed by atoms with Crippen molar-refractivity contribution in [2.45, 2.75) is 76.8 Å². The summed E-state index contributed by atoms with van der Waals surface area (Å²) >= 11 is 0. The summed E-state index contributed by atoms with van der Waals surface area (Å²) in [6.45, 7) is 6.15. The molecule has 168 valence electrons. The zero-order chi connectivity index (χ0) is 21.9. The lowest BCUT2D eigenvalue weighted by atomic mass is 9.69. The molecule has 0 bridgehead atoms. The van der Waals surface area contributed by atoms with Crippen molar-refractivity contribution in [3.63, 3.8) is 0 Å². The van der Waals surface area contributed by atoms with Crippen molar-refractivity contribution in [1.82, 2.24) is 25.3 Å². The van der Waals surface area contributed by atoms with Crippen LogP contribution in [0.5, 0.6) is 0 Å². The molecule has 1 saturated heterocycles. The molecule has 2 fully saturated rings. The number of likely N-dealkylation sites (N-methyl/N-ethyl adjacent to an activating group) is 2. The molecule has 0 atom stereocenters. The first-order chi connectivity index (χ1) is 14.2. The molecule has 0 radical (unpaired) electrons. The summed E-state index contributed by atoms with van der Waals surface area (Å²) in [6.07, 6.45) is 7.94. The Morgan fingerprint density at radius 1 is 1.23 bits per heavy atom. The van der Waals surface area contributed by atoms with Crippen LogP contribution in [0.4, 0.5) is 4.79 Å². The number of aromatic amines is 1. The highest BCUT2D eigenvalue weighted by Gasteiger charge is 2.53. The monoisotopic (exact) mass is 419 g/mol. The molecule has 3 N–H and O–H groups in total. The summed E-state index contributed by atoms with van der Waals surface area (Å²) in [5.41, 5.74) is 2.10. The first-order valence-corrected chi connectivity index (χ1v) is 11.2. The van der Waals surface area contributed by atoms with Gasteiger partial charge in [0.2, 0.25) is 5.91 Å². The second kappa shape index (κ2) is 8.96. The van der Waals surface area contributed by atoms with Crippen molar-refractivity contribution in [3.8, 4) is 0 Å². The van der Waals surface area contributed by atoms with Crippen LogP contribution in [0.15, 0.2) is 6.20 Å². The number of hydrogen-bond acceptors (Lipinski definition) is 4. The third-order valence-electron chi connectivity index (χ3n) is 7.56. The van der Waals surface area contributed by atoms with E-state index in [2.05, 4.69) is 34.3 Å². The van der Waals surface area contributed by atoms with Gasteiger partial charge in [-0.05, 0) is 52.0 Å². The predicted octanol–water partition coefficient (Wildman–Crippen LogP) is 3.17. The minimum Gasteiger partial charge on any atom is -0.465 e. The first kappa shape index (κ1) is 22.6. The van der Waals surface area contributed by atoms with Crippen LogP contribution in [0, 0.1) is 5.41 Å². The van der Waals surface area contributed by atoms with E-state index in [1.54, 1.807) is 7.05 Å². The molecular formula is C22H37N5O3. The van der Waals surface area contributed by atoms with E-state index in [0.29, 0.717) is 19.0 Å². The molecule has 8 nitrogen and oxygen atoms in total. The summed E-state index contributed by atoms with van der Waals surface area (Å²) in [5.74, 6) is 0.654. The standard InChI is InChI=1S/C22H37N5O3/c1-5-21(6-2)15-22(24-19(21)28)9-7-16(8-10-22)18-17(13-23-25-18)14-26(3)11-12-27(4)20(29)30/h13,16H,5-12,14-15H2,1-4H3,(H,23,25)(H,24,28)(H,29,30)/t16-,22-. The molecule has 8 heteroatoms. The second-order valence-electron chi connectivity index (χ2n) is 9.41. The zero-order valence-corrected chi connectivity index (χ0v) is 18.8. The Labute approximate surface area is 179 Å². The molecule has 1 spiro atoms. The molecule has 1 saturated carbocycles. The average Bonchev–Trinajstić information content (AvgIpc) is 3.29. The summed E-state index contributed by atoms with van der Waals surface area (Å²) in [7, 11) is 3.59. The number of carbonyl (C=O) groups is 2. The number of nitrogens with zero attached hydrogens (tertiary/aromatic N) is 3. The first-order valence-electron chi connectivity index (χ1n) is 11.2. The molecular weight excluding hydrogens is 382 g/mol. The van der Waals surface area contributed by atoms with Crippen molar-refractivity contribution in [2.75, 3.05) is 27.2 Å². The van der Waals surface area contributed by atoms with Gasteiger partial charge in [-0.1, -0.05) is 13.8 Å². The van der Waals surface area contributed by atoms with Crippen LogP contribution in [-0.2, 0) is 11.3 Å². The third-order valence-corrected chi connectivity index (χ3v) is 7.56. The summed E-state index contributed by atoms with van der Waals surface area (Å²) in [4.78, 5) is 27.1. The topological polar surface area (TPSA) is 102 Å². The van der Waals surface area contributed by atoms with Crippen LogP contribution >= 0.6 is 0 Å². The highest BCUT2D eigenvalue weighted by Crippen LogP contribution is 2.49. The summed E-state index contributed by atoms with van der Waals surface area (Å²) < 4.78 is 0. The van der Waals surface area contributed by atoms with E-state index in [9.17, 15) is 9.59 Å². The van der Waals surface area contributed by atoms with E-state index < -0.39 is 6.09 Å². The Balaban J connectivity index is 1.58. The van der Waals surface area contributed by atoms with Crippen molar-refractivity contribution in [2.24, 2.45) is 5.41 Å². The molecule has 0 aromatic carbocycles. The lowest BCUT2D eigenvalue weighted by molar-refractivity contribution is -0.128. The maximum Gasteiger partial charge on any atom is 0.407 e. The van der Waals surface area contributed by atoms with E-state index in [1.165, 1.54) is 10.5 Å². The van der Waals surface area contributed by atoms with Crippen LogP contribution in [0.3, 0.4) is 0 Å². The van der Waals surface area contributed by atoms with Gasteiger partial charge in [0.05, 0.1) is 11.1 Å². The van der Waals surface area contributed by atoms with Crippen LogP contribution in [0.2, 0.25) is 0 Å². The van der Waals surface area contributed by atoms with Crippen LogP contribution in [-0.4, -0.2) is 69.8 Å². The number of H-pyrrole nitrogens is 1. The Kier molecular flexibility index (Phi) is 6.75. The fourth-order valence-electron chi connectivity index (χ4n) is 5.30. The van der Waals surface area contributed by atoms with Gasteiger partial charge >= 0.3 is 6.09 Å². The van der Waals surface area contributed by atoms with Crippen molar-refractivity contribution < 1.29 is 14.7 Å². The fraction of sp³-hybridized carbons (Fsp3) is 0.773. The number of rotatable bonds is 8. The van der Waals surface area contributed by atoms with Gasteiger partial charge in [0, 0.05) is 49.9 Å². The lowest BCUT2D eigenvalue weighted by Crippen LogP contribution is -2.44. The van der Waals surface area contributed by atoms with Crippen LogP contribution in [0.1, 0.15) is 76.0 Å². The molecule has 1 aliphatic carbocycles. The molecule has 1 aromatic rings. The Hall–Kier alpha value is -2.09. The molecule has 2 aliphatic rings. The fourth-order valence-corrected chi connectivity index (χ4v) is 5.30. The highest BCUT2D eigenvalue weighted by molar-refractivity contribution is 5.86. The number of amides is 2. The largest absolute Gasteiger partial charge is 0.465 e. The minimum absolute atomic E-state index is 0.0335. The van der Waals surface area contributed by atoms with Gasteiger partial charge in [-0.25, -0.2) is 4.79 Å². The van der Waals surface area contributed by atoms with E-state index in [0.717, 1.165) is 57.2 Å². The normalized spacial score (nSPS) is 25.6. The molecule has 0 unspecified atom stereocenters. The number of carboxylic acid groups (broad SMARTS) is 1. The van der Waals surface area contributed by atoms with E-state index in [4.69, 9.17) is 5.11 Å². The number of aromatic nitrogens is 2. The highest BCUT2D eigenvalue weighted by atomic mass is 16.4. The molecule has 1 aromatic heterocycles. The number of carbonyl (C=O) groups excluding carboxylic acids is 1. The molecule has 1 aliphatic heterocycles.